The zero-order valence-electron chi connectivity index (χ0n) is 11.3. The highest BCUT2D eigenvalue weighted by Gasteiger charge is 2.42. The van der Waals surface area contributed by atoms with Gasteiger partial charge in [-0.25, -0.2) is 8.42 Å². The second-order valence-electron chi connectivity index (χ2n) is 5.00. The van der Waals surface area contributed by atoms with Crippen molar-refractivity contribution in [2.75, 3.05) is 13.1 Å². The molecule has 0 aromatic heterocycles. The van der Waals surface area contributed by atoms with Crippen molar-refractivity contribution in [1.82, 2.24) is 4.31 Å². The van der Waals surface area contributed by atoms with Gasteiger partial charge in [-0.2, -0.15) is 4.31 Å². The predicted molar refractivity (Wildman–Crippen MR) is 77.1 cm³/mol. The van der Waals surface area contributed by atoms with Gasteiger partial charge in [0.1, 0.15) is 0 Å². The predicted octanol–water partition coefficient (Wildman–Crippen LogP) is 1.14. The number of carboxylic acids is 2. The minimum absolute atomic E-state index is 0.0436. The summed E-state index contributed by atoms with van der Waals surface area (Å²) in [4.78, 5) is 22.3. The molecule has 2 atom stereocenters. The first-order valence-corrected chi connectivity index (χ1v) is 8.26. The zero-order chi connectivity index (χ0) is 16.5. The van der Waals surface area contributed by atoms with Gasteiger partial charge in [-0.1, -0.05) is 17.7 Å². The summed E-state index contributed by atoms with van der Waals surface area (Å²) in [6, 6.07) is 5.64. The van der Waals surface area contributed by atoms with Crippen LogP contribution in [0.15, 0.2) is 29.2 Å². The van der Waals surface area contributed by atoms with E-state index in [9.17, 15) is 18.0 Å². The van der Waals surface area contributed by atoms with E-state index in [4.69, 9.17) is 21.8 Å². The highest BCUT2D eigenvalue weighted by Crippen LogP contribution is 2.29. The minimum Gasteiger partial charge on any atom is -0.481 e. The van der Waals surface area contributed by atoms with Gasteiger partial charge in [-0.3, -0.25) is 9.59 Å². The summed E-state index contributed by atoms with van der Waals surface area (Å²) in [6.07, 6.45) is -0.0495. The van der Waals surface area contributed by atoms with Crippen LogP contribution in [0.2, 0.25) is 5.02 Å². The lowest BCUT2D eigenvalue weighted by Gasteiger charge is -2.33. The van der Waals surface area contributed by atoms with Gasteiger partial charge in [0.05, 0.1) is 16.7 Å². The van der Waals surface area contributed by atoms with Gasteiger partial charge in [0, 0.05) is 18.1 Å². The lowest BCUT2D eigenvalue weighted by atomic mass is 9.86. The second kappa shape index (κ2) is 6.23. The van der Waals surface area contributed by atoms with E-state index in [-0.39, 0.29) is 29.4 Å². The molecule has 2 rings (SSSR count). The SMILES string of the molecule is O=C(O)C1CCN(S(=O)(=O)c2cccc(Cl)c2)CC1C(=O)O. The first-order chi connectivity index (χ1) is 10.2. The van der Waals surface area contributed by atoms with Crippen molar-refractivity contribution in [2.45, 2.75) is 11.3 Å². The number of piperidine rings is 1. The number of carboxylic acid groups (broad SMARTS) is 2. The first-order valence-electron chi connectivity index (χ1n) is 6.45. The Hall–Kier alpha value is -1.64. The maximum Gasteiger partial charge on any atom is 0.308 e. The lowest BCUT2D eigenvalue weighted by Crippen LogP contribution is -2.48. The molecule has 0 aliphatic carbocycles. The third kappa shape index (κ3) is 3.23. The number of aliphatic carboxylic acids is 2. The molecule has 0 radical (unpaired) electrons. The highest BCUT2D eigenvalue weighted by molar-refractivity contribution is 7.89. The molecule has 9 heteroatoms. The van der Waals surface area contributed by atoms with E-state index < -0.39 is 33.8 Å². The summed E-state index contributed by atoms with van der Waals surface area (Å²) >= 11 is 5.78. The van der Waals surface area contributed by atoms with Crippen molar-refractivity contribution in [3.05, 3.63) is 29.3 Å². The molecule has 0 bridgehead atoms. The number of carbonyl (C=O) groups is 2. The van der Waals surface area contributed by atoms with Crippen LogP contribution in [-0.4, -0.2) is 48.0 Å². The molecule has 1 aromatic rings. The number of halogens is 1. The Labute approximate surface area is 132 Å². The molecular weight excluding hydrogens is 334 g/mol. The molecule has 0 spiro atoms. The topological polar surface area (TPSA) is 112 Å². The van der Waals surface area contributed by atoms with Crippen LogP contribution < -0.4 is 0 Å². The number of nitrogens with zero attached hydrogens (tertiary/aromatic N) is 1. The van der Waals surface area contributed by atoms with Crippen LogP contribution in [-0.2, 0) is 19.6 Å². The van der Waals surface area contributed by atoms with Gasteiger partial charge in [-0.15, -0.1) is 0 Å². The fourth-order valence-corrected chi connectivity index (χ4v) is 4.24. The molecule has 2 N–H and O–H groups in total. The van der Waals surface area contributed by atoms with Crippen molar-refractivity contribution in [3.63, 3.8) is 0 Å². The fraction of sp³-hybridized carbons (Fsp3) is 0.385. The number of hydrogen-bond acceptors (Lipinski definition) is 4. The molecule has 1 saturated heterocycles. The van der Waals surface area contributed by atoms with Crippen LogP contribution in [0.1, 0.15) is 6.42 Å². The fourth-order valence-electron chi connectivity index (χ4n) is 2.46. The standard InChI is InChI=1S/C13H14ClNO6S/c14-8-2-1-3-9(6-8)22(20,21)15-5-4-10(12(16)17)11(7-15)13(18)19/h1-3,6,10-11H,4-5,7H2,(H,16,17)(H,18,19). The Bertz CT molecular complexity index is 704. The molecular formula is C13H14ClNO6S. The Morgan fingerprint density at radius 2 is 1.82 bits per heavy atom. The van der Waals surface area contributed by atoms with Gasteiger partial charge in [0.15, 0.2) is 0 Å². The summed E-state index contributed by atoms with van der Waals surface area (Å²) in [5.41, 5.74) is 0. The summed E-state index contributed by atoms with van der Waals surface area (Å²) in [6.45, 7) is -0.420. The number of rotatable bonds is 4. The van der Waals surface area contributed by atoms with E-state index >= 15 is 0 Å². The van der Waals surface area contributed by atoms with Crippen molar-refractivity contribution >= 4 is 33.6 Å². The molecule has 0 amide bonds. The molecule has 22 heavy (non-hydrogen) atoms. The largest absolute Gasteiger partial charge is 0.481 e. The summed E-state index contributed by atoms with van der Waals surface area (Å²) in [5, 5.41) is 18.4. The average molecular weight is 348 g/mol. The van der Waals surface area contributed by atoms with E-state index in [1.54, 1.807) is 0 Å². The Morgan fingerprint density at radius 1 is 1.18 bits per heavy atom. The van der Waals surface area contributed by atoms with Crippen LogP contribution in [0, 0.1) is 11.8 Å². The van der Waals surface area contributed by atoms with Gasteiger partial charge in [0.2, 0.25) is 10.0 Å². The van der Waals surface area contributed by atoms with E-state index in [1.807, 2.05) is 0 Å². The van der Waals surface area contributed by atoms with Crippen LogP contribution in [0.4, 0.5) is 0 Å². The van der Waals surface area contributed by atoms with Crippen molar-refractivity contribution in [3.8, 4) is 0 Å². The monoisotopic (exact) mass is 347 g/mol. The van der Waals surface area contributed by atoms with Crippen LogP contribution in [0.25, 0.3) is 0 Å². The highest BCUT2D eigenvalue weighted by atomic mass is 35.5. The van der Waals surface area contributed by atoms with Crippen LogP contribution in [0.3, 0.4) is 0 Å². The molecule has 2 unspecified atom stereocenters. The zero-order valence-corrected chi connectivity index (χ0v) is 12.9. The minimum atomic E-state index is -3.91. The van der Waals surface area contributed by atoms with Gasteiger partial charge < -0.3 is 10.2 Å². The number of sulfonamides is 1. The van der Waals surface area contributed by atoms with Crippen LogP contribution >= 0.6 is 11.6 Å². The summed E-state index contributed by atoms with van der Waals surface area (Å²) in [7, 11) is -3.91. The van der Waals surface area contributed by atoms with E-state index in [1.165, 1.54) is 24.3 Å². The molecule has 120 valence electrons. The second-order valence-corrected chi connectivity index (χ2v) is 7.37. The molecule has 1 aliphatic heterocycles. The normalized spacial score (nSPS) is 23.1. The van der Waals surface area contributed by atoms with Gasteiger partial charge in [-0.05, 0) is 24.6 Å². The molecule has 1 aliphatic rings. The van der Waals surface area contributed by atoms with Crippen LogP contribution in [0.5, 0.6) is 0 Å². The van der Waals surface area contributed by atoms with E-state index in [2.05, 4.69) is 0 Å². The maximum absolute atomic E-state index is 12.5. The molecule has 1 aromatic carbocycles. The average Bonchev–Trinajstić information content (AvgIpc) is 2.46. The molecule has 7 nitrogen and oxygen atoms in total. The summed E-state index contributed by atoms with van der Waals surface area (Å²) < 4.78 is 26.0. The number of hydrogen-bond donors (Lipinski definition) is 2. The molecule has 1 heterocycles. The van der Waals surface area contributed by atoms with Crippen molar-refractivity contribution in [1.29, 1.82) is 0 Å². The Balaban J connectivity index is 2.30. The Kier molecular flexibility index (Phi) is 4.74. The van der Waals surface area contributed by atoms with E-state index in [0.29, 0.717) is 0 Å². The lowest BCUT2D eigenvalue weighted by molar-refractivity contribution is -0.156. The van der Waals surface area contributed by atoms with Gasteiger partial charge >= 0.3 is 11.9 Å². The van der Waals surface area contributed by atoms with Crippen molar-refractivity contribution in [2.24, 2.45) is 11.8 Å². The van der Waals surface area contributed by atoms with E-state index in [0.717, 1.165) is 4.31 Å². The third-order valence-electron chi connectivity index (χ3n) is 3.64. The first kappa shape index (κ1) is 16.7. The van der Waals surface area contributed by atoms with Gasteiger partial charge in [0.25, 0.3) is 0 Å². The maximum atomic E-state index is 12.5. The van der Waals surface area contributed by atoms with Crippen molar-refractivity contribution < 1.29 is 28.2 Å². The summed E-state index contributed by atoms with van der Waals surface area (Å²) in [5.74, 6) is -4.92. The quantitative estimate of drug-likeness (QED) is 0.844. The molecule has 1 fully saturated rings. The smallest absolute Gasteiger partial charge is 0.308 e. The molecule has 0 saturated carbocycles. The number of benzene rings is 1. The third-order valence-corrected chi connectivity index (χ3v) is 5.74. The Morgan fingerprint density at radius 3 is 2.36 bits per heavy atom.